The molecular weight excluding hydrogens is 334 g/mol. The predicted molar refractivity (Wildman–Crippen MR) is 109 cm³/mol. The topological polar surface area (TPSA) is 39.2 Å². The molecule has 0 unspecified atom stereocenters. The van der Waals surface area contributed by atoms with Gasteiger partial charge in [0, 0.05) is 5.56 Å². The van der Waals surface area contributed by atoms with Crippen molar-refractivity contribution in [3.63, 3.8) is 0 Å². The van der Waals surface area contributed by atoms with E-state index < -0.39 is 5.97 Å². The lowest BCUT2D eigenvalue weighted by atomic mass is 9.97. The summed E-state index contributed by atoms with van der Waals surface area (Å²) in [5, 5.41) is 2.46. The Labute approximate surface area is 158 Å². The minimum Gasteiger partial charge on any atom is -0.461 e. The van der Waals surface area contributed by atoms with Crippen LogP contribution in [0.1, 0.15) is 17.4 Å². The number of aromatic nitrogens is 1. The van der Waals surface area contributed by atoms with E-state index in [-0.39, 0.29) is 0 Å². The molecule has 1 heterocycles. The number of ether oxygens (including phenoxy) is 1. The molecule has 0 aliphatic rings. The lowest BCUT2D eigenvalue weighted by Crippen LogP contribution is -2.07. The number of hydrogen-bond acceptors (Lipinski definition) is 3. The van der Waals surface area contributed by atoms with E-state index in [4.69, 9.17) is 4.74 Å². The van der Waals surface area contributed by atoms with Crippen LogP contribution in [0.15, 0.2) is 84.9 Å². The molecule has 1 aromatic heterocycles. The van der Waals surface area contributed by atoms with Crippen LogP contribution in [0.4, 0.5) is 0 Å². The standard InChI is InChI=1S/C24H19NO2/c1-2-27-24(26)23-12-6-11-22(25-23)19-15-13-18(14-16-19)21-10-5-8-17-7-3-4-9-20(17)21/h3-16H,2H2,1H3. The third kappa shape index (κ3) is 3.44. The first-order chi connectivity index (χ1) is 13.3. The minimum absolute atomic E-state index is 0.326. The Morgan fingerprint density at radius 1 is 0.815 bits per heavy atom. The zero-order valence-corrected chi connectivity index (χ0v) is 15.1. The molecule has 4 rings (SSSR count). The van der Waals surface area contributed by atoms with Gasteiger partial charge in [-0.2, -0.15) is 0 Å². The number of benzene rings is 3. The number of carbonyl (C=O) groups excluding carboxylic acids is 1. The van der Waals surface area contributed by atoms with Crippen LogP contribution in [-0.4, -0.2) is 17.6 Å². The third-order valence-corrected chi connectivity index (χ3v) is 4.51. The van der Waals surface area contributed by atoms with Crippen LogP contribution >= 0.6 is 0 Å². The number of rotatable bonds is 4. The van der Waals surface area contributed by atoms with Gasteiger partial charge in [-0.05, 0) is 41.0 Å². The van der Waals surface area contributed by atoms with E-state index in [1.807, 2.05) is 24.3 Å². The molecule has 0 N–H and O–H groups in total. The summed E-state index contributed by atoms with van der Waals surface area (Å²) < 4.78 is 5.04. The quantitative estimate of drug-likeness (QED) is 0.439. The fourth-order valence-electron chi connectivity index (χ4n) is 3.21. The lowest BCUT2D eigenvalue weighted by Gasteiger charge is -2.09. The number of pyridine rings is 1. The third-order valence-electron chi connectivity index (χ3n) is 4.51. The molecule has 4 aromatic rings. The summed E-state index contributed by atoms with van der Waals surface area (Å²) in [6.45, 7) is 2.12. The largest absolute Gasteiger partial charge is 0.461 e. The van der Waals surface area contributed by atoms with Gasteiger partial charge in [0.05, 0.1) is 12.3 Å². The van der Waals surface area contributed by atoms with Crippen LogP contribution in [0.5, 0.6) is 0 Å². The van der Waals surface area contributed by atoms with E-state index in [0.29, 0.717) is 12.3 Å². The van der Waals surface area contributed by atoms with Crippen LogP contribution in [0.3, 0.4) is 0 Å². The molecule has 0 saturated heterocycles. The molecule has 0 aliphatic carbocycles. The van der Waals surface area contributed by atoms with Gasteiger partial charge in [0.25, 0.3) is 0 Å². The van der Waals surface area contributed by atoms with Gasteiger partial charge in [-0.25, -0.2) is 9.78 Å². The van der Waals surface area contributed by atoms with Gasteiger partial charge in [-0.15, -0.1) is 0 Å². The molecule has 27 heavy (non-hydrogen) atoms. The Bertz CT molecular complexity index is 1100. The van der Waals surface area contributed by atoms with Gasteiger partial charge in [-0.3, -0.25) is 0 Å². The smallest absolute Gasteiger partial charge is 0.356 e. The Balaban J connectivity index is 1.69. The predicted octanol–water partition coefficient (Wildman–Crippen LogP) is 5.75. The SMILES string of the molecule is CCOC(=O)c1cccc(-c2ccc(-c3cccc4ccccc34)cc2)n1. The van der Waals surface area contributed by atoms with Crippen molar-refractivity contribution in [3.05, 3.63) is 90.6 Å². The second-order valence-corrected chi connectivity index (χ2v) is 6.23. The van der Waals surface area contributed by atoms with Crippen LogP contribution in [-0.2, 0) is 4.74 Å². The Morgan fingerprint density at radius 2 is 1.52 bits per heavy atom. The van der Waals surface area contributed by atoms with Crippen LogP contribution < -0.4 is 0 Å². The Morgan fingerprint density at radius 3 is 2.33 bits per heavy atom. The van der Waals surface area contributed by atoms with E-state index in [1.165, 1.54) is 16.3 Å². The van der Waals surface area contributed by atoms with Crippen molar-refractivity contribution in [2.45, 2.75) is 6.92 Å². The van der Waals surface area contributed by atoms with Crippen LogP contribution in [0.2, 0.25) is 0 Å². The van der Waals surface area contributed by atoms with Gasteiger partial charge >= 0.3 is 5.97 Å². The first kappa shape index (κ1) is 17.0. The van der Waals surface area contributed by atoms with E-state index in [2.05, 4.69) is 59.6 Å². The van der Waals surface area contributed by atoms with E-state index >= 15 is 0 Å². The second kappa shape index (κ2) is 7.42. The monoisotopic (exact) mass is 353 g/mol. The minimum atomic E-state index is -0.397. The average molecular weight is 353 g/mol. The highest BCUT2D eigenvalue weighted by Crippen LogP contribution is 2.30. The Kier molecular flexibility index (Phi) is 4.67. The number of carbonyl (C=O) groups is 1. The first-order valence-corrected chi connectivity index (χ1v) is 8.99. The molecule has 132 valence electrons. The highest BCUT2D eigenvalue weighted by Gasteiger charge is 2.10. The summed E-state index contributed by atoms with van der Waals surface area (Å²) in [6, 6.07) is 28.4. The van der Waals surface area contributed by atoms with Crippen LogP contribution in [0.25, 0.3) is 33.2 Å². The second-order valence-electron chi connectivity index (χ2n) is 6.23. The molecule has 0 bridgehead atoms. The van der Waals surface area contributed by atoms with Crippen molar-refractivity contribution in [2.24, 2.45) is 0 Å². The lowest BCUT2D eigenvalue weighted by molar-refractivity contribution is 0.0519. The van der Waals surface area contributed by atoms with E-state index in [1.54, 1.807) is 13.0 Å². The van der Waals surface area contributed by atoms with E-state index in [9.17, 15) is 4.79 Å². The van der Waals surface area contributed by atoms with Crippen molar-refractivity contribution in [3.8, 4) is 22.4 Å². The number of fused-ring (bicyclic) bond motifs is 1. The van der Waals surface area contributed by atoms with Gasteiger partial charge in [0.2, 0.25) is 0 Å². The zero-order valence-electron chi connectivity index (χ0n) is 15.1. The maximum atomic E-state index is 11.9. The van der Waals surface area contributed by atoms with Gasteiger partial charge < -0.3 is 4.74 Å². The summed E-state index contributed by atoms with van der Waals surface area (Å²) in [5.74, 6) is -0.397. The number of esters is 1. The molecule has 0 radical (unpaired) electrons. The fraction of sp³-hybridized carbons (Fsp3) is 0.0833. The molecule has 3 nitrogen and oxygen atoms in total. The fourth-order valence-corrected chi connectivity index (χ4v) is 3.21. The average Bonchev–Trinajstić information content (AvgIpc) is 2.74. The highest BCUT2D eigenvalue weighted by molar-refractivity contribution is 5.96. The summed E-state index contributed by atoms with van der Waals surface area (Å²) in [5.41, 5.74) is 4.40. The highest BCUT2D eigenvalue weighted by atomic mass is 16.5. The molecule has 0 fully saturated rings. The molecule has 0 saturated carbocycles. The van der Waals surface area contributed by atoms with Crippen molar-refractivity contribution >= 4 is 16.7 Å². The summed E-state index contributed by atoms with van der Waals surface area (Å²) in [7, 11) is 0. The van der Waals surface area contributed by atoms with Crippen LogP contribution in [0, 0.1) is 0 Å². The molecule has 0 amide bonds. The first-order valence-electron chi connectivity index (χ1n) is 8.99. The summed E-state index contributed by atoms with van der Waals surface area (Å²) in [6.07, 6.45) is 0. The maximum Gasteiger partial charge on any atom is 0.356 e. The van der Waals surface area contributed by atoms with Gasteiger partial charge in [0.15, 0.2) is 0 Å². The summed E-state index contributed by atoms with van der Waals surface area (Å²) in [4.78, 5) is 16.3. The number of nitrogens with zero attached hydrogens (tertiary/aromatic N) is 1. The number of hydrogen-bond donors (Lipinski definition) is 0. The van der Waals surface area contributed by atoms with Crippen molar-refractivity contribution in [1.82, 2.24) is 4.98 Å². The maximum absolute atomic E-state index is 11.9. The van der Waals surface area contributed by atoms with Gasteiger partial charge in [-0.1, -0.05) is 72.8 Å². The molecule has 0 spiro atoms. The van der Waals surface area contributed by atoms with Crippen molar-refractivity contribution in [1.29, 1.82) is 0 Å². The molecule has 0 atom stereocenters. The van der Waals surface area contributed by atoms with Crippen molar-refractivity contribution < 1.29 is 9.53 Å². The molecule has 3 aromatic carbocycles. The molecular formula is C24H19NO2. The Hall–Kier alpha value is -3.46. The normalized spacial score (nSPS) is 10.7. The zero-order chi connectivity index (χ0) is 18.6. The summed E-state index contributed by atoms with van der Waals surface area (Å²) >= 11 is 0. The molecule has 3 heteroatoms. The van der Waals surface area contributed by atoms with Crippen molar-refractivity contribution in [2.75, 3.05) is 6.61 Å². The van der Waals surface area contributed by atoms with Gasteiger partial charge in [0.1, 0.15) is 5.69 Å². The molecule has 0 aliphatic heterocycles. The van der Waals surface area contributed by atoms with E-state index in [0.717, 1.165) is 16.8 Å².